The van der Waals surface area contributed by atoms with Gasteiger partial charge in [0, 0.05) is 5.92 Å². The van der Waals surface area contributed by atoms with Gasteiger partial charge in [-0.1, -0.05) is 30.7 Å². The molecule has 0 amide bonds. The van der Waals surface area contributed by atoms with Crippen molar-refractivity contribution < 1.29 is 51.0 Å². The van der Waals surface area contributed by atoms with Crippen molar-refractivity contribution in [2.45, 2.75) is 34.2 Å². The Morgan fingerprint density at radius 1 is 1.08 bits per heavy atom. The fraction of sp³-hybridized carbons (Fsp3) is 0.316. The predicted octanol–water partition coefficient (Wildman–Crippen LogP) is -1.43. The standard InChI is InChI=1S/C19H20ClSi.2ClH.Zr/c1-10-11(2)13(4)17(12(10)3)15-8-6-7-14-9-16-19(18(14)15)21(16,5)20;;;/h6-9,12H,1-5H3;2*1H;/q-1;;;+3/p-2. The summed E-state index contributed by atoms with van der Waals surface area (Å²) in [6.07, 6.45) is 0. The van der Waals surface area contributed by atoms with Crippen LogP contribution in [0.4, 0.5) is 0 Å². The zero-order valence-corrected chi connectivity index (χ0v) is 20.2. The van der Waals surface area contributed by atoms with Gasteiger partial charge in [-0.3, -0.25) is 0 Å². The van der Waals surface area contributed by atoms with Crippen molar-refractivity contribution >= 4 is 45.2 Å². The fourth-order valence-electron chi connectivity index (χ4n) is 4.10. The second-order valence-corrected chi connectivity index (χ2v) is 12.1. The first-order chi connectivity index (χ1) is 9.85. The molecule has 0 nitrogen and oxygen atoms in total. The molecule has 0 fully saturated rings. The van der Waals surface area contributed by atoms with Gasteiger partial charge in [0.25, 0.3) is 0 Å². The maximum Gasteiger partial charge on any atom is 3.00 e. The third kappa shape index (κ3) is 2.78. The minimum atomic E-state index is -1.70. The SMILES string of the molecule is CC1=C(C)C(C)C(c2cccc3[cH-]c4c(c23)[Si]4(C)Cl)=C1C.[Cl-].[Cl-].[Zr+3]. The van der Waals surface area contributed by atoms with E-state index in [1.54, 1.807) is 0 Å². The molecule has 0 spiro atoms. The van der Waals surface area contributed by atoms with Crippen LogP contribution in [0, 0.1) is 5.92 Å². The Balaban J connectivity index is 0.000000960. The van der Waals surface area contributed by atoms with Crippen LogP contribution in [0.1, 0.15) is 33.3 Å². The van der Waals surface area contributed by atoms with E-state index < -0.39 is 7.38 Å². The van der Waals surface area contributed by atoms with Crippen molar-refractivity contribution in [2.24, 2.45) is 5.92 Å². The maximum atomic E-state index is 6.75. The molecule has 5 heteroatoms. The molecule has 0 N–H and O–H groups in total. The summed E-state index contributed by atoms with van der Waals surface area (Å²) in [6, 6.07) is 9.05. The average Bonchev–Trinajstić information content (AvgIpc) is 2.76. The monoisotopic (exact) mass is 471 g/mol. The normalized spacial score (nSPS) is 24.3. The topological polar surface area (TPSA) is 0 Å². The molecule has 0 saturated heterocycles. The Kier molecular flexibility index (Phi) is 6.62. The molecule has 125 valence electrons. The van der Waals surface area contributed by atoms with Crippen LogP contribution in [-0.2, 0) is 26.2 Å². The molecule has 1 heterocycles. The van der Waals surface area contributed by atoms with Gasteiger partial charge in [0.2, 0.25) is 0 Å². The van der Waals surface area contributed by atoms with Crippen LogP contribution in [0.3, 0.4) is 0 Å². The minimum absolute atomic E-state index is 0. The molecule has 0 bridgehead atoms. The van der Waals surface area contributed by atoms with E-state index in [-0.39, 0.29) is 51.0 Å². The van der Waals surface area contributed by atoms with Gasteiger partial charge in [-0.15, -0.1) is 39.3 Å². The van der Waals surface area contributed by atoms with Crippen molar-refractivity contribution in [3.8, 4) is 0 Å². The predicted molar refractivity (Wildman–Crippen MR) is 96.4 cm³/mol. The van der Waals surface area contributed by atoms with Crippen molar-refractivity contribution in [3.05, 3.63) is 46.5 Å². The third-order valence-corrected chi connectivity index (χ3v) is 9.55. The number of allylic oxidation sites excluding steroid dienone is 4. The van der Waals surface area contributed by atoms with Crippen LogP contribution in [0.15, 0.2) is 41.0 Å². The summed E-state index contributed by atoms with van der Waals surface area (Å²) in [6.45, 7) is 11.4. The van der Waals surface area contributed by atoms with Gasteiger partial charge < -0.3 is 24.8 Å². The molecule has 24 heavy (non-hydrogen) atoms. The van der Waals surface area contributed by atoms with Crippen LogP contribution in [0.25, 0.3) is 16.3 Å². The zero-order chi connectivity index (χ0) is 15.1. The molecule has 4 rings (SSSR count). The van der Waals surface area contributed by atoms with Crippen LogP contribution in [0.5, 0.6) is 0 Å². The van der Waals surface area contributed by atoms with Crippen LogP contribution in [0.2, 0.25) is 6.55 Å². The summed E-state index contributed by atoms with van der Waals surface area (Å²) < 4.78 is 0. The second kappa shape index (κ2) is 7.12. The van der Waals surface area contributed by atoms with Gasteiger partial charge in [0.1, 0.15) is 7.38 Å². The summed E-state index contributed by atoms with van der Waals surface area (Å²) in [4.78, 5) is 0. The molecule has 1 aliphatic carbocycles. The summed E-state index contributed by atoms with van der Waals surface area (Å²) in [5.41, 5.74) is 7.37. The fourth-order valence-corrected chi connectivity index (χ4v) is 7.92. The van der Waals surface area contributed by atoms with Crippen LogP contribution < -0.4 is 35.2 Å². The van der Waals surface area contributed by atoms with Crippen molar-refractivity contribution in [1.29, 1.82) is 0 Å². The van der Waals surface area contributed by atoms with Crippen molar-refractivity contribution in [3.63, 3.8) is 0 Å². The Morgan fingerprint density at radius 2 is 1.71 bits per heavy atom. The number of rotatable bonds is 1. The van der Waals surface area contributed by atoms with Gasteiger partial charge >= 0.3 is 26.2 Å². The molecular weight excluding hydrogens is 454 g/mol. The average molecular weight is 474 g/mol. The minimum Gasteiger partial charge on any atom is -1.00 e. The molecule has 1 radical (unpaired) electrons. The molecule has 1 aliphatic heterocycles. The molecule has 0 aromatic heterocycles. The Morgan fingerprint density at radius 3 is 2.25 bits per heavy atom. The van der Waals surface area contributed by atoms with E-state index in [2.05, 4.69) is 58.5 Å². The second-order valence-electron chi connectivity index (χ2n) is 6.77. The first kappa shape index (κ1) is 22.3. The molecular formula is C19H20Cl3SiZr. The van der Waals surface area contributed by atoms with Gasteiger partial charge in [-0.05, 0) is 37.5 Å². The number of fused-ring (bicyclic) bond motifs is 3. The van der Waals surface area contributed by atoms with E-state index in [4.69, 9.17) is 11.1 Å². The summed E-state index contributed by atoms with van der Waals surface area (Å²) in [5, 5.41) is 5.76. The maximum absolute atomic E-state index is 6.75. The van der Waals surface area contributed by atoms with Gasteiger partial charge in [-0.25, -0.2) is 0 Å². The summed E-state index contributed by atoms with van der Waals surface area (Å²) in [5.74, 6) is 0.517. The first-order valence-electron chi connectivity index (χ1n) is 7.67. The molecule has 2 aliphatic rings. The smallest absolute Gasteiger partial charge is 1.00 e. The largest absolute Gasteiger partial charge is 3.00 e. The molecule has 2 aromatic carbocycles. The summed E-state index contributed by atoms with van der Waals surface area (Å²) >= 11 is 6.75. The number of benzene rings is 1. The zero-order valence-electron chi connectivity index (χ0n) is 14.5. The van der Waals surface area contributed by atoms with Crippen molar-refractivity contribution in [2.75, 3.05) is 0 Å². The number of halogens is 3. The quantitative estimate of drug-likeness (QED) is 0.270. The van der Waals surface area contributed by atoms with Gasteiger partial charge in [-0.2, -0.15) is 11.1 Å². The van der Waals surface area contributed by atoms with E-state index in [9.17, 15) is 0 Å². The Hall–Kier alpha value is 0.280. The molecule has 0 saturated carbocycles. The van der Waals surface area contributed by atoms with Crippen LogP contribution >= 0.6 is 11.1 Å². The van der Waals surface area contributed by atoms with E-state index in [1.165, 1.54) is 49.0 Å². The first-order valence-corrected chi connectivity index (χ1v) is 11.2. The number of hydrogen-bond donors (Lipinski definition) is 0. The molecule has 2 aromatic rings. The van der Waals surface area contributed by atoms with Gasteiger partial charge in [0.05, 0.1) is 0 Å². The van der Waals surface area contributed by atoms with Crippen LogP contribution in [-0.4, -0.2) is 7.38 Å². The van der Waals surface area contributed by atoms with Crippen molar-refractivity contribution in [1.82, 2.24) is 0 Å². The Labute approximate surface area is 181 Å². The molecule has 2 atom stereocenters. The Bertz CT molecular complexity index is 874. The number of hydrogen-bond acceptors (Lipinski definition) is 0. The van der Waals surface area contributed by atoms with E-state index in [0.29, 0.717) is 5.92 Å². The van der Waals surface area contributed by atoms with Gasteiger partial charge in [0.15, 0.2) is 0 Å². The van der Waals surface area contributed by atoms with E-state index >= 15 is 0 Å². The van der Waals surface area contributed by atoms with E-state index in [1.807, 2.05) is 0 Å². The molecule has 2 unspecified atom stereocenters. The summed E-state index contributed by atoms with van der Waals surface area (Å²) in [7, 11) is -1.70. The third-order valence-electron chi connectivity index (χ3n) is 5.76. The van der Waals surface area contributed by atoms with E-state index in [0.717, 1.165) is 0 Å².